The molecule has 21 heavy (non-hydrogen) atoms. The zero-order valence-corrected chi connectivity index (χ0v) is 12.2. The van der Waals surface area contributed by atoms with E-state index < -0.39 is 0 Å². The first-order valence-electron chi connectivity index (χ1n) is 7.18. The maximum absolute atomic E-state index is 5.67. The lowest BCUT2D eigenvalue weighted by Crippen LogP contribution is -2.25. The molecule has 2 aromatic carbocycles. The van der Waals surface area contributed by atoms with Gasteiger partial charge in [-0.25, -0.2) is 0 Å². The second-order valence-corrected chi connectivity index (χ2v) is 5.06. The normalized spacial score (nSPS) is 13.9. The molecule has 106 valence electrons. The first kappa shape index (κ1) is 13.6. The molecule has 2 N–H and O–H groups in total. The number of benzene rings is 2. The Balaban J connectivity index is 2.12. The van der Waals surface area contributed by atoms with Gasteiger partial charge in [0.2, 0.25) is 0 Å². The van der Waals surface area contributed by atoms with Crippen molar-refractivity contribution in [2.24, 2.45) is 10.8 Å². The van der Waals surface area contributed by atoms with Crippen LogP contribution >= 0.6 is 0 Å². The number of nitrogens with two attached hydrogens (primary N) is 1. The lowest BCUT2D eigenvalue weighted by atomic mass is 9.94. The fourth-order valence-corrected chi connectivity index (χ4v) is 2.59. The van der Waals surface area contributed by atoms with E-state index in [9.17, 15) is 0 Å². The lowest BCUT2D eigenvalue weighted by molar-refractivity contribution is 0.443. The summed E-state index contributed by atoms with van der Waals surface area (Å²) in [7, 11) is 0. The van der Waals surface area contributed by atoms with Crippen molar-refractivity contribution in [1.29, 1.82) is 0 Å². The van der Waals surface area contributed by atoms with E-state index in [4.69, 9.17) is 10.8 Å². The molecule has 0 unspecified atom stereocenters. The molecule has 3 heteroatoms. The topological polar surface area (TPSA) is 41.6 Å². The van der Waals surface area contributed by atoms with Crippen LogP contribution in [-0.4, -0.2) is 17.3 Å². The zero-order chi connectivity index (χ0) is 14.8. The summed E-state index contributed by atoms with van der Waals surface area (Å²) < 4.78 is 0. The SMILES string of the molecule is C=C1c2ccccc2C(c2ccc(CN)cc2)=NN1CC. The summed E-state index contributed by atoms with van der Waals surface area (Å²) in [4.78, 5) is 0. The van der Waals surface area contributed by atoms with Gasteiger partial charge in [-0.15, -0.1) is 0 Å². The van der Waals surface area contributed by atoms with Gasteiger partial charge in [-0.2, -0.15) is 5.10 Å². The van der Waals surface area contributed by atoms with Crippen molar-refractivity contribution in [3.8, 4) is 0 Å². The molecular formula is C18H19N3. The second kappa shape index (κ2) is 5.54. The number of rotatable bonds is 3. The summed E-state index contributed by atoms with van der Waals surface area (Å²) in [5, 5.41) is 6.72. The van der Waals surface area contributed by atoms with Crippen LogP contribution in [0, 0.1) is 0 Å². The maximum atomic E-state index is 5.67. The van der Waals surface area contributed by atoms with Crippen molar-refractivity contribution in [3.63, 3.8) is 0 Å². The van der Waals surface area contributed by atoms with E-state index in [0.29, 0.717) is 6.54 Å². The summed E-state index contributed by atoms with van der Waals surface area (Å²) in [6.07, 6.45) is 0. The number of hydrogen-bond donors (Lipinski definition) is 1. The maximum Gasteiger partial charge on any atom is 0.0987 e. The van der Waals surface area contributed by atoms with Crippen LogP contribution < -0.4 is 5.73 Å². The molecule has 0 amide bonds. The fourth-order valence-electron chi connectivity index (χ4n) is 2.59. The Kier molecular flexibility index (Phi) is 3.59. The van der Waals surface area contributed by atoms with E-state index in [1.165, 1.54) is 0 Å². The highest BCUT2D eigenvalue weighted by atomic mass is 15.5. The van der Waals surface area contributed by atoms with Crippen LogP contribution in [0.2, 0.25) is 0 Å². The van der Waals surface area contributed by atoms with E-state index in [1.54, 1.807) is 0 Å². The molecule has 2 aromatic rings. The number of fused-ring (bicyclic) bond motifs is 1. The number of nitrogens with zero attached hydrogens (tertiary/aromatic N) is 2. The number of hydrazone groups is 1. The third-order valence-electron chi connectivity index (χ3n) is 3.79. The largest absolute Gasteiger partial charge is 0.326 e. The summed E-state index contributed by atoms with van der Waals surface area (Å²) in [5.74, 6) is 0. The average molecular weight is 277 g/mol. The first-order valence-corrected chi connectivity index (χ1v) is 7.18. The van der Waals surface area contributed by atoms with Crippen LogP contribution in [0.3, 0.4) is 0 Å². The molecule has 0 saturated heterocycles. The van der Waals surface area contributed by atoms with Gasteiger partial charge in [0.1, 0.15) is 0 Å². The summed E-state index contributed by atoms with van der Waals surface area (Å²) >= 11 is 0. The van der Waals surface area contributed by atoms with Gasteiger partial charge >= 0.3 is 0 Å². The van der Waals surface area contributed by atoms with E-state index >= 15 is 0 Å². The van der Waals surface area contributed by atoms with E-state index in [1.807, 2.05) is 17.1 Å². The Labute approximate surface area is 125 Å². The van der Waals surface area contributed by atoms with Crippen molar-refractivity contribution in [2.75, 3.05) is 6.54 Å². The van der Waals surface area contributed by atoms with Gasteiger partial charge in [0.25, 0.3) is 0 Å². The molecule has 1 heterocycles. The molecule has 0 fully saturated rings. The van der Waals surface area contributed by atoms with Gasteiger partial charge < -0.3 is 5.73 Å². The molecule has 0 bridgehead atoms. The minimum Gasteiger partial charge on any atom is -0.326 e. The Morgan fingerprint density at radius 3 is 2.33 bits per heavy atom. The molecular weight excluding hydrogens is 258 g/mol. The van der Waals surface area contributed by atoms with Gasteiger partial charge in [0.05, 0.1) is 11.4 Å². The van der Waals surface area contributed by atoms with E-state index in [2.05, 4.69) is 49.9 Å². The van der Waals surface area contributed by atoms with Crippen LogP contribution in [0.25, 0.3) is 5.70 Å². The minimum absolute atomic E-state index is 0.557. The average Bonchev–Trinajstić information content (AvgIpc) is 2.56. The molecule has 1 aliphatic heterocycles. The minimum atomic E-state index is 0.557. The Bertz CT molecular complexity index is 699. The van der Waals surface area contributed by atoms with Crippen molar-refractivity contribution in [3.05, 3.63) is 77.4 Å². The molecule has 0 atom stereocenters. The Hall–Kier alpha value is -2.39. The standard InChI is InChI=1S/C18H19N3/c1-3-21-13(2)16-6-4-5-7-17(16)18(20-21)15-10-8-14(12-19)9-11-15/h4-11H,2-3,12,19H2,1H3. The molecule has 3 rings (SSSR count). The predicted octanol–water partition coefficient (Wildman–Crippen LogP) is 3.20. The zero-order valence-electron chi connectivity index (χ0n) is 12.2. The van der Waals surface area contributed by atoms with Crippen LogP contribution in [0.1, 0.15) is 29.2 Å². The molecule has 0 spiro atoms. The molecule has 1 aliphatic rings. The Morgan fingerprint density at radius 1 is 1.05 bits per heavy atom. The summed E-state index contributed by atoms with van der Waals surface area (Å²) in [5.41, 5.74) is 12.1. The van der Waals surface area contributed by atoms with Crippen LogP contribution in [0.5, 0.6) is 0 Å². The highest BCUT2D eigenvalue weighted by molar-refractivity contribution is 6.16. The fraction of sp³-hybridized carbons (Fsp3) is 0.167. The highest BCUT2D eigenvalue weighted by Gasteiger charge is 2.22. The molecule has 0 saturated carbocycles. The Morgan fingerprint density at radius 2 is 1.71 bits per heavy atom. The quantitative estimate of drug-likeness (QED) is 0.936. The summed E-state index contributed by atoms with van der Waals surface area (Å²) in [6.45, 7) is 7.61. The first-order chi connectivity index (χ1) is 10.2. The third kappa shape index (κ3) is 2.36. The van der Waals surface area contributed by atoms with E-state index in [0.717, 1.165) is 40.2 Å². The van der Waals surface area contributed by atoms with Crippen molar-refractivity contribution >= 4 is 11.4 Å². The summed E-state index contributed by atoms with van der Waals surface area (Å²) in [6, 6.07) is 16.6. The predicted molar refractivity (Wildman–Crippen MR) is 87.8 cm³/mol. The lowest BCUT2D eigenvalue weighted by Gasteiger charge is -2.28. The monoisotopic (exact) mass is 277 g/mol. The van der Waals surface area contributed by atoms with Crippen molar-refractivity contribution in [1.82, 2.24) is 5.01 Å². The van der Waals surface area contributed by atoms with Crippen LogP contribution in [0.15, 0.2) is 60.2 Å². The van der Waals surface area contributed by atoms with Crippen molar-refractivity contribution < 1.29 is 0 Å². The van der Waals surface area contributed by atoms with Crippen molar-refractivity contribution in [2.45, 2.75) is 13.5 Å². The molecule has 3 nitrogen and oxygen atoms in total. The molecule has 0 radical (unpaired) electrons. The van der Waals surface area contributed by atoms with Crippen LogP contribution in [-0.2, 0) is 6.54 Å². The second-order valence-electron chi connectivity index (χ2n) is 5.06. The molecule has 0 aliphatic carbocycles. The smallest absolute Gasteiger partial charge is 0.0987 e. The number of hydrogen-bond acceptors (Lipinski definition) is 3. The van der Waals surface area contributed by atoms with Crippen LogP contribution in [0.4, 0.5) is 0 Å². The highest BCUT2D eigenvalue weighted by Crippen LogP contribution is 2.29. The van der Waals surface area contributed by atoms with Gasteiger partial charge in [0, 0.05) is 29.8 Å². The van der Waals surface area contributed by atoms with E-state index in [-0.39, 0.29) is 0 Å². The molecule has 0 aromatic heterocycles. The van der Waals surface area contributed by atoms with Gasteiger partial charge in [-0.05, 0) is 12.5 Å². The van der Waals surface area contributed by atoms with Gasteiger partial charge in [-0.3, -0.25) is 5.01 Å². The van der Waals surface area contributed by atoms with Gasteiger partial charge in [0.15, 0.2) is 0 Å². The van der Waals surface area contributed by atoms with Gasteiger partial charge in [-0.1, -0.05) is 55.1 Å². The third-order valence-corrected chi connectivity index (χ3v) is 3.79.